The first-order valence-electron chi connectivity index (χ1n) is 9.12. The third-order valence-electron chi connectivity index (χ3n) is 4.44. The van der Waals surface area contributed by atoms with Gasteiger partial charge in [-0.2, -0.15) is 0 Å². The highest BCUT2D eigenvalue weighted by Gasteiger charge is 2.19. The van der Waals surface area contributed by atoms with E-state index in [0.29, 0.717) is 12.0 Å². The van der Waals surface area contributed by atoms with Crippen molar-refractivity contribution in [2.45, 2.75) is 44.1 Å². The van der Waals surface area contributed by atoms with E-state index in [4.69, 9.17) is 4.74 Å². The molecule has 0 fully saturated rings. The molecule has 6 nitrogen and oxygen atoms in total. The van der Waals surface area contributed by atoms with Crippen LogP contribution in [0.3, 0.4) is 0 Å². The second-order valence-electron chi connectivity index (χ2n) is 6.40. The monoisotopic (exact) mass is 403 g/mol. The van der Waals surface area contributed by atoms with Gasteiger partial charge < -0.3 is 4.74 Å². The normalized spacial score (nSPS) is 12.4. The van der Waals surface area contributed by atoms with E-state index in [-0.39, 0.29) is 17.1 Å². The van der Waals surface area contributed by atoms with E-state index in [9.17, 15) is 18.0 Å². The van der Waals surface area contributed by atoms with Crippen LogP contribution in [0, 0.1) is 0 Å². The molecule has 0 amide bonds. The van der Waals surface area contributed by atoms with E-state index in [0.717, 1.165) is 17.5 Å². The second kappa shape index (κ2) is 9.61. The van der Waals surface area contributed by atoms with Crippen molar-refractivity contribution in [2.75, 3.05) is 7.05 Å². The lowest BCUT2D eigenvalue weighted by Crippen LogP contribution is -2.24. The fourth-order valence-electron chi connectivity index (χ4n) is 2.65. The molecule has 0 saturated heterocycles. The molecule has 1 unspecified atom stereocenters. The van der Waals surface area contributed by atoms with Crippen molar-refractivity contribution in [2.24, 2.45) is 0 Å². The molecule has 7 heteroatoms. The number of hydrogen-bond donors (Lipinski definition) is 1. The number of rotatable bonds is 9. The van der Waals surface area contributed by atoms with Crippen molar-refractivity contribution in [3.63, 3.8) is 0 Å². The third kappa shape index (κ3) is 5.74. The number of sulfonamides is 1. The minimum Gasteiger partial charge on any atom is -0.454 e. The van der Waals surface area contributed by atoms with Gasteiger partial charge in [0.15, 0.2) is 6.10 Å². The van der Waals surface area contributed by atoms with Gasteiger partial charge >= 0.3 is 5.97 Å². The van der Waals surface area contributed by atoms with Gasteiger partial charge in [-0.15, -0.1) is 0 Å². The van der Waals surface area contributed by atoms with Crippen LogP contribution in [0.5, 0.6) is 0 Å². The molecule has 2 aromatic carbocycles. The van der Waals surface area contributed by atoms with Gasteiger partial charge in [-0.3, -0.25) is 9.59 Å². The third-order valence-corrected chi connectivity index (χ3v) is 5.87. The van der Waals surface area contributed by atoms with Crippen molar-refractivity contribution in [1.82, 2.24) is 4.72 Å². The summed E-state index contributed by atoms with van der Waals surface area (Å²) in [4.78, 5) is 24.6. The molecule has 0 aliphatic rings. The van der Waals surface area contributed by atoms with Gasteiger partial charge in [-0.25, -0.2) is 13.1 Å². The Balaban J connectivity index is 1.88. The Morgan fingerprint density at radius 3 is 2.11 bits per heavy atom. The summed E-state index contributed by atoms with van der Waals surface area (Å²) in [5, 5.41) is 0. The average Bonchev–Trinajstić information content (AvgIpc) is 2.72. The zero-order valence-corrected chi connectivity index (χ0v) is 17.1. The van der Waals surface area contributed by atoms with Crippen molar-refractivity contribution in [3.8, 4) is 0 Å². The molecule has 1 N–H and O–H groups in total. The molecule has 150 valence electrons. The largest absolute Gasteiger partial charge is 0.454 e. The molecule has 1 atom stereocenters. The number of ketones is 1. The Morgan fingerprint density at radius 1 is 1.00 bits per heavy atom. The van der Waals surface area contributed by atoms with Crippen LogP contribution in [-0.2, 0) is 32.4 Å². The highest BCUT2D eigenvalue weighted by molar-refractivity contribution is 7.89. The molecule has 28 heavy (non-hydrogen) atoms. The van der Waals surface area contributed by atoms with E-state index in [2.05, 4.69) is 4.72 Å². The van der Waals surface area contributed by atoms with E-state index in [1.54, 1.807) is 31.2 Å². The number of aryl methyl sites for hydroxylation is 2. The van der Waals surface area contributed by atoms with Gasteiger partial charge in [0.2, 0.25) is 15.8 Å². The number of Topliss-reactive ketones (excluding diaryl/α,β-unsaturated/α-hetero) is 1. The van der Waals surface area contributed by atoms with Gasteiger partial charge in [0, 0.05) is 12.0 Å². The average molecular weight is 404 g/mol. The molecule has 0 spiro atoms. The summed E-state index contributed by atoms with van der Waals surface area (Å²) >= 11 is 0. The second-order valence-corrected chi connectivity index (χ2v) is 8.28. The molecule has 2 rings (SSSR count). The molecule has 0 bridgehead atoms. The lowest BCUT2D eigenvalue weighted by Gasteiger charge is -2.13. The molecule has 2 aromatic rings. The highest BCUT2D eigenvalue weighted by Crippen LogP contribution is 2.13. The summed E-state index contributed by atoms with van der Waals surface area (Å²) < 4.78 is 30.9. The van der Waals surface area contributed by atoms with Crippen LogP contribution in [0.15, 0.2) is 53.4 Å². The standard InChI is InChI=1S/C21H25NO5S/c1-4-16-5-10-18(11-6-16)21(24)15(2)27-20(23)14-9-17-7-12-19(13-8-17)28(25,26)22-3/h5-8,10-13,15,22H,4,9,14H2,1-3H3. The van der Waals surface area contributed by atoms with Crippen molar-refractivity contribution in [3.05, 3.63) is 65.2 Å². The predicted octanol–water partition coefficient (Wildman–Crippen LogP) is 2.90. The topological polar surface area (TPSA) is 89.5 Å². The Kier molecular flexibility index (Phi) is 7.48. The smallest absolute Gasteiger partial charge is 0.306 e. The van der Waals surface area contributed by atoms with Gasteiger partial charge in [0.25, 0.3) is 0 Å². The first kappa shape index (κ1) is 21.8. The van der Waals surface area contributed by atoms with Crippen LogP contribution >= 0.6 is 0 Å². The Hall–Kier alpha value is -2.51. The SMILES string of the molecule is CCc1ccc(C(=O)C(C)OC(=O)CCc2ccc(S(=O)(=O)NC)cc2)cc1. The van der Waals surface area contributed by atoms with E-state index >= 15 is 0 Å². The summed E-state index contributed by atoms with van der Waals surface area (Å²) in [5.41, 5.74) is 2.45. The van der Waals surface area contributed by atoms with E-state index < -0.39 is 22.1 Å². The van der Waals surface area contributed by atoms with Crippen LogP contribution < -0.4 is 4.72 Å². The van der Waals surface area contributed by atoms with Crippen molar-refractivity contribution < 1.29 is 22.7 Å². The predicted molar refractivity (Wildman–Crippen MR) is 107 cm³/mol. The fraction of sp³-hybridized carbons (Fsp3) is 0.333. The Labute approximate surface area is 166 Å². The van der Waals surface area contributed by atoms with E-state index in [1.165, 1.54) is 19.2 Å². The maximum Gasteiger partial charge on any atom is 0.306 e. The summed E-state index contributed by atoms with van der Waals surface area (Å²) in [6.45, 7) is 3.60. The molecule has 0 aromatic heterocycles. The molecule has 0 aliphatic carbocycles. The maximum atomic E-state index is 12.4. The van der Waals surface area contributed by atoms with Crippen LogP contribution in [-0.4, -0.2) is 33.3 Å². The molecular weight excluding hydrogens is 378 g/mol. The maximum absolute atomic E-state index is 12.4. The molecular formula is C21H25NO5S. The van der Waals surface area contributed by atoms with Crippen LogP contribution in [0.4, 0.5) is 0 Å². The van der Waals surface area contributed by atoms with Gasteiger partial charge in [-0.1, -0.05) is 43.3 Å². The van der Waals surface area contributed by atoms with Crippen molar-refractivity contribution in [1.29, 1.82) is 0 Å². The number of carbonyl (C=O) groups is 2. The summed E-state index contributed by atoms with van der Waals surface area (Å²) in [5.74, 6) is -0.712. The van der Waals surface area contributed by atoms with Gasteiger partial charge in [0.1, 0.15) is 0 Å². The summed E-state index contributed by atoms with van der Waals surface area (Å²) in [6.07, 6.45) is 0.527. The minimum absolute atomic E-state index is 0.102. The number of ether oxygens (including phenoxy) is 1. The fourth-order valence-corrected chi connectivity index (χ4v) is 3.38. The van der Waals surface area contributed by atoms with Crippen LogP contribution in [0.25, 0.3) is 0 Å². The molecule has 0 aliphatic heterocycles. The van der Waals surface area contributed by atoms with Gasteiger partial charge in [0.05, 0.1) is 4.90 Å². The van der Waals surface area contributed by atoms with Crippen LogP contribution in [0.2, 0.25) is 0 Å². The Bertz CT molecular complexity index is 918. The first-order chi connectivity index (χ1) is 13.3. The van der Waals surface area contributed by atoms with Crippen molar-refractivity contribution >= 4 is 21.8 Å². The number of benzene rings is 2. The lowest BCUT2D eigenvalue weighted by atomic mass is 10.0. The van der Waals surface area contributed by atoms with Crippen LogP contribution in [0.1, 0.15) is 41.8 Å². The quantitative estimate of drug-likeness (QED) is 0.514. The zero-order valence-electron chi connectivity index (χ0n) is 16.3. The lowest BCUT2D eigenvalue weighted by molar-refractivity contribution is -0.146. The number of esters is 1. The highest BCUT2D eigenvalue weighted by atomic mass is 32.2. The first-order valence-corrected chi connectivity index (χ1v) is 10.6. The Morgan fingerprint density at radius 2 is 1.57 bits per heavy atom. The molecule has 0 radical (unpaired) electrons. The minimum atomic E-state index is -3.48. The molecule has 0 saturated carbocycles. The van der Waals surface area contributed by atoms with E-state index in [1.807, 2.05) is 19.1 Å². The zero-order chi connectivity index (χ0) is 20.7. The number of nitrogens with one attached hydrogen (secondary N) is 1. The summed E-state index contributed by atoms with van der Waals surface area (Å²) in [6, 6.07) is 13.5. The molecule has 0 heterocycles. The summed E-state index contributed by atoms with van der Waals surface area (Å²) in [7, 11) is -2.13. The number of carbonyl (C=O) groups excluding carboxylic acids is 2. The number of hydrogen-bond acceptors (Lipinski definition) is 5. The van der Waals surface area contributed by atoms with Gasteiger partial charge in [-0.05, 0) is 50.1 Å².